The van der Waals surface area contributed by atoms with Crippen molar-refractivity contribution in [3.8, 4) is 6.07 Å². The standard InChI is InChI=1S/C12H16N4/c1-9-5-10(7-13)6-12(15-9)16-4-2-3-11(16)8-14/h5-6,11H,2-4,8,14H2,1H3. The zero-order valence-corrected chi connectivity index (χ0v) is 9.48. The molecule has 84 valence electrons. The summed E-state index contributed by atoms with van der Waals surface area (Å²) >= 11 is 0. The van der Waals surface area contributed by atoms with Crippen LogP contribution < -0.4 is 10.6 Å². The SMILES string of the molecule is Cc1cc(C#N)cc(N2CCCC2CN)n1. The summed E-state index contributed by atoms with van der Waals surface area (Å²) in [5, 5.41) is 8.93. The highest BCUT2D eigenvalue weighted by Gasteiger charge is 2.24. The van der Waals surface area contributed by atoms with E-state index in [0.29, 0.717) is 18.2 Å². The van der Waals surface area contributed by atoms with Gasteiger partial charge in [0.15, 0.2) is 0 Å². The Morgan fingerprint density at radius 3 is 3.12 bits per heavy atom. The van der Waals surface area contributed by atoms with Gasteiger partial charge in [-0.15, -0.1) is 0 Å². The maximum atomic E-state index is 8.93. The summed E-state index contributed by atoms with van der Waals surface area (Å²) in [5.41, 5.74) is 7.29. The molecule has 0 radical (unpaired) electrons. The first-order chi connectivity index (χ1) is 7.74. The molecule has 0 amide bonds. The fourth-order valence-corrected chi connectivity index (χ4v) is 2.25. The van der Waals surface area contributed by atoms with Crippen LogP contribution in [0.25, 0.3) is 0 Å². The van der Waals surface area contributed by atoms with Crippen molar-refractivity contribution >= 4 is 5.82 Å². The third-order valence-corrected chi connectivity index (χ3v) is 3.01. The molecule has 1 aromatic rings. The van der Waals surface area contributed by atoms with Crippen LogP contribution in [0.5, 0.6) is 0 Å². The van der Waals surface area contributed by atoms with Crippen LogP contribution >= 0.6 is 0 Å². The van der Waals surface area contributed by atoms with Gasteiger partial charge in [-0.25, -0.2) is 4.98 Å². The van der Waals surface area contributed by atoms with Crippen LogP contribution in [0.2, 0.25) is 0 Å². The van der Waals surface area contributed by atoms with E-state index in [9.17, 15) is 0 Å². The van der Waals surface area contributed by atoms with Gasteiger partial charge in [0, 0.05) is 24.8 Å². The maximum absolute atomic E-state index is 8.93. The highest BCUT2D eigenvalue weighted by atomic mass is 15.2. The molecule has 0 saturated carbocycles. The van der Waals surface area contributed by atoms with E-state index in [-0.39, 0.29) is 0 Å². The average Bonchev–Trinajstić information content (AvgIpc) is 2.76. The molecule has 0 aromatic carbocycles. The van der Waals surface area contributed by atoms with Crippen LogP contribution in [-0.2, 0) is 0 Å². The maximum Gasteiger partial charge on any atom is 0.130 e. The summed E-state index contributed by atoms with van der Waals surface area (Å²) in [5.74, 6) is 0.893. The van der Waals surface area contributed by atoms with Crippen LogP contribution in [0, 0.1) is 18.3 Å². The minimum Gasteiger partial charge on any atom is -0.352 e. The molecular weight excluding hydrogens is 200 g/mol. The van der Waals surface area contributed by atoms with Gasteiger partial charge in [-0.05, 0) is 31.9 Å². The fourth-order valence-electron chi connectivity index (χ4n) is 2.25. The van der Waals surface area contributed by atoms with Gasteiger partial charge in [0.1, 0.15) is 5.82 Å². The number of hydrogen-bond acceptors (Lipinski definition) is 4. The lowest BCUT2D eigenvalue weighted by molar-refractivity contribution is 0.671. The van der Waals surface area contributed by atoms with Crippen molar-refractivity contribution in [1.82, 2.24) is 4.98 Å². The predicted molar refractivity (Wildman–Crippen MR) is 63.1 cm³/mol. The number of nitrogens with two attached hydrogens (primary N) is 1. The van der Waals surface area contributed by atoms with E-state index in [0.717, 1.165) is 30.9 Å². The molecule has 4 heteroatoms. The molecule has 4 nitrogen and oxygen atoms in total. The molecule has 1 saturated heterocycles. The number of hydrogen-bond donors (Lipinski definition) is 1. The average molecular weight is 216 g/mol. The van der Waals surface area contributed by atoms with Crippen LogP contribution in [0.1, 0.15) is 24.1 Å². The summed E-state index contributed by atoms with van der Waals surface area (Å²) in [6.07, 6.45) is 2.27. The van der Waals surface area contributed by atoms with E-state index >= 15 is 0 Å². The minimum absolute atomic E-state index is 0.376. The lowest BCUT2D eigenvalue weighted by Crippen LogP contribution is -2.36. The second-order valence-electron chi connectivity index (χ2n) is 4.19. The van der Waals surface area contributed by atoms with E-state index in [2.05, 4.69) is 16.0 Å². The molecule has 16 heavy (non-hydrogen) atoms. The van der Waals surface area contributed by atoms with Gasteiger partial charge >= 0.3 is 0 Å². The lowest BCUT2D eigenvalue weighted by Gasteiger charge is -2.24. The predicted octanol–water partition coefficient (Wildman–Crippen LogP) is 1.19. The molecule has 1 atom stereocenters. The molecule has 1 aliphatic heterocycles. The van der Waals surface area contributed by atoms with E-state index in [4.69, 9.17) is 11.0 Å². The topological polar surface area (TPSA) is 65.9 Å². The van der Waals surface area contributed by atoms with E-state index in [1.165, 1.54) is 0 Å². The third-order valence-electron chi connectivity index (χ3n) is 3.01. The number of nitrogens with zero attached hydrogens (tertiary/aromatic N) is 3. The van der Waals surface area contributed by atoms with E-state index < -0.39 is 0 Å². The second kappa shape index (κ2) is 4.50. The highest BCUT2D eigenvalue weighted by molar-refractivity contribution is 5.48. The zero-order valence-electron chi connectivity index (χ0n) is 9.48. The summed E-state index contributed by atoms with van der Waals surface area (Å²) < 4.78 is 0. The molecule has 2 rings (SSSR count). The number of nitriles is 1. The van der Waals surface area contributed by atoms with Crippen molar-refractivity contribution < 1.29 is 0 Å². The van der Waals surface area contributed by atoms with Gasteiger partial charge in [-0.3, -0.25) is 0 Å². The first kappa shape index (κ1) is 10.9. The summed E-state index contributed by atoms with van der Waals surface area (Å²) in [7, 11) is 0. The van der Waals surface area contributed by atoms with Crippen molar-refractivity contribution in [3.63, 3.8) is 0 Å². The molecule has 0 aliphatic carbocycles. The smallest absolute Gasteiger partial charge is 0.130 e. The Hall–Kier alpha value is -1.60. The van der Waals surface area contributed by atoms with Crippen molar-refractivity contribution in [2.45, 2.75) is 25.8 Å². The van der Waals surface area contributed by atoms with Crippen LogP contribution in [0.4, 0.5) is 5.82 Å². The monoisotopic (exact) mass is 216 g/mol. The molecule has 1 fully saturated rings. The van der Waals surface area contributed by atoms with Gasteiger partial charge in [0.05, 0.1) is 11.6 Å². The molecular formula is C12H16N4. The molecule has 1 unspecified atom stereocenters. The largest absolute Gasteiger partial charge is 0.352 e. The first-order valence-corrected chi connectivity index (χ1v) is 5.60. The summed E-state index contributed by atoms with van der Waals surface area (Å²) in [4.78, 5) is 6.70. The number of rotatable bonds is 2. The Morgan fingerprint density at radius 2 is 2.44 bits per heavy atom. The van der Waals surface area contributed by atoms with Crippen LogP contribution in [-0.4, -0.2) is 24.1 Å². The fraction of sp³-hybridized carbons (Fsp3) is 0.500. The Morgan fingerprint density at radius 1 is 1.62 bits per heavy atom. The first-order valence-electron chi connectivity index (χ1n) is 5.60. The molecule has 0 bridgehead atoms. The third kappa shape index (κ3) is 2.00. The van der Waals surface area contributed by atoms with Gasteiger partial charge in [-0.2, -0.15) is 5.26 Å². The highest BCUT2D eigenvalue weighted by Crippen LogP contribution is 2.24. The molecule has 0 spiro atoms. The van der Waals surface area contributed by atoms with E-state index in [1.54, 1.807) is 6.07 Å². The molecule has 2 N–H and O–H groups in total. The van der Waals surface area contributed by atoms with E-state index in [1.807, 2.05) is 13.0 Å². The number of pyridine rings is 1. The van der Waals surface area contributed by atoms with Crippen LogP contribution in [0.3, 0.4) is 0 Å². The zero-order chi connectivity index (χ0) is 11.5. The van der Waals surface area contributed by atoms with Crippen molar-refractivity contribution in [1.29, 1.82) is 5.26 Å². The summed E-state index contributed by atoms with van der Waals surface area (Å²) in [6, 6.07) is 6.19. The van der Waals surface area contributed by atoms with Gasteiger partial charge in [-0.1, -0.05) is 0 Å². The minimum atomic E-state index is 0.376. The molecule has 1 aliphatic rings. The van der Waals surface area contributed by atoms with Gasteiger partial charge in [0.25, 0.3) is 0 Å². The summed E-state index contributed by atoms with van der Waals surface area (Å²) in [6.45, 7) is 3.55. The Kier molecular flexibility index (Phi) is 3.07. The second-order valence-corrected chi connectivity index (χ2v) is 4.19. The Balaban J connectivity index is 2.33. The Labute approximate surface area is 95.7 Å². The lowest BCUT2D eigenvalue weighted by atomic mass is 10.2. The Bertz CT molecular complexity index is 422. The molecule has 2 heterocycles. The van der Waals surface area contributed by atoms with Gasteiger partial charge < -0.3 is 10.6 Å². The van der Waals surface area contributed by atoms with Gasteiger partial charge in [0.2, 0.25) is 0 Å². The van der Waals surface area contributed by atoms with Crippen molar-refractivity contribution in [2.24, 2.45) is 5.73 Å². The van der Waals surface area contributed by atoms with Crippen LogP contribution in [0.15, 0.2) is 12.1 Å². The quantitative estimate of drug-likeness (QED) is 0.806. The van der Waals surface area contributed by atoms with Crippen molar-refractivity contribution in [3.05, 3.63) is 23.4 Å². The molecule has 1 aromatic heterocycles. The van der Waals surface area contributed by atoms with Crippen molar-refractivity contribution in [2.75, 3.05) is 18.0 Å². The number of anilines is 1. The number of aryl methyl sites for hydroxylation is 1. The normalized spacial score (nSPS) is 19.8. The number of aromatic nitrogens is 1.